The highest BCUT2D eigenvalue weighted by molar-refractivity contribution is 7.80. The molecule has 156 valence electrons. The summed E-state index contributed by atoms with van der Waals surface area (Å²) in [5.74, 6) is -2.66. The molecule has 0 spiro atoms. The summed E-state index contributed by atoms with van der Waals surface area (Å²) in [6.45, 7) is -0.907. The highest BCUT2D eigenvalue weighted by atomic mass is 32.3. The fraction of sp³-hybridized carbons (Fsp3) is 0.923. The number of aliphatic carboxylic acids is 1. The number of aliphatic hydroxyl groups excluding tert-OH is 4. The number of carboxylic acid groups (broad SMARTS) is 1. The Morgan fingerprint density at radius 2 is 1.74 bits per heavy atom. The number of epoxide rings is 1. The monoisotopic (exact) mass is 415 g/mol. The van der Waals surface area contributed by atoms with E-state index in [1.165, 1.54) is 0 Å². The highest BCUT2D eigenvalue weighted by Gasteiger charge is 2.64. The van der Waals surface area contributed by atoms with Gasteiger partial charge in [-0.3, -0.25) is 8.98 Å². The van der Waals surface area contributed by atoms with Crippen LogP contribution in [0.15, 0.2) is 0 Å². The average Bonchev–Trinajstić information content (AvgIpc) is 3.33. The van der Waals surface area contributed by atoms with Gasteiger partial charge in [-0.25, -0.2) is 8.42 Å². The second-order valence-electron chi connectivity index (χ2n) is 6.60. The molecule has 1 aliphatic carbocycles. The highest BCUT2D eigenvalue weighted by Crippen LogP contribution is 2.43. The molecule has 2 aliphatic heterocycles. The Bertz CT molecular complexity index is 667. The molecule has 13 nitrogen and oxygen atoms in total. The van der Waals surface area contributed by atoms with Crippen LogP contribution in [0.25, 0.3) is 0 Å². The Morgan fingerprint density at radius 1 is 1.07 bits per heavy atom. The van der Waals surface area contributed by atoms with E-state index < -0.39 is 84.0 Å². The Labute approximate surface area is 153 Å². The lowest BCUT2D eigenvalue weighted by molar-refractivity contribution is -0.287. The molecule has 0 amide bonds. The van der Waals surface area contributed by atoms with Crippen molar-refractivity contribution >= 4 is 16.4 Å². The molecule has 14 heteroatoms. The first-order valence-corrected chi connectivity index (χ1v) is 9.34. The first-order chi connectivity index (χ1) is 12.5. The van der Waals surface area contributed by atoms with Crippen molar-refractivity contribution in [2.45, 2.75) is 61.5 Å². The number of carboxylic acids is 1. The maximum absolute atomic E-state index is 11.5. The summed E-state index contributed by atoms with van der Waals surface area (Å²) in [6, 6.07) is 0. The molecule has 27 heavy (non-hydrogen) atoms. The molecule has 4 unspecified atom stereocenters. The van der Waals surface area contributed by atoms with Gasteiger partial charge in [0.1, 0.15) is 48.6 Å². The third-order valence-corrected chi connectivity index (χ3v) is 5.22. The summed E-state index contributed by atoms with van der Waals surface area (Å²) in [6.07, 6.45) is -12.4. The molecule has 3 fully saturated rings. The SMILES string of the molecule is O=C(O)C1C2O[C@H]2C(O)[C@@H](O)[C@@H]1O[C@@H]1C[C@@H](O)[C@H](O)C(COS(=O)(=O)[O-])O1. The predicted molar refractivity (Wildman–Crippen MR) is 77.6 cm³/mol. The molecular weight excluding hydrogens is 396 g/mol. The molecule has 2 heterocycles. The first-order valence-electron chi connectivity index (χ1n) is 8.01. The van der Waals surface area contributed by atoms with Crippen LogP contribution in [-0.4, -0.2) is 106 Å². The summed E-state index contributed by atoms with van der Waals surface area (Å²) in [5.41, 5.74) is 0. The number of carbonyl (C=O) groups is 1. The van der Waals surface area contributed by atoms with E-state index in [9.17, 15) is 43.3 Å². The number of fused-ring (bicyclic) bond motifs is 1. The Morgan fingerprint density at radius 3 is 2.33 bits per heavy atom. The third kappa shape index (κ3) is 4.40. The zero-order valence-corrected chi connectivity index (χ0v) is 14.4. The van der Waals surface area contributed by atoms with Crippen LogP contribution < -0.4 is 0 Å². The molecule has 2 saturated heterocycles. The lowest BCUT2D eigenvalue weighted by Crippen LogP contribution is -2.58. The maximum atomic E-state index is 11.5. The molecule has 0 aromatic heterocycles. The van der Waals surface area contributed by atoms with E-state index in [0.717, 1.165) is 0 Å². The third-order valence-electron chi connectivity index (χ3n) is 4.80. The molecule has 0 radical (unpaired) electrons. The minimum absolute atomic E-state index is 0.345. The van der Waals surface area contributed by atoms with Crippen LogP contribution in [0.3, 0.4) is 0 Å². The predicted octanol–water partition coefficient (Wildman–Crippen LogP) is -4.11. The van der Waals surface area contributed by atoms with Crippen molar-refractivity contribution in [3.63, 3.8) is 0 Å². The van der Waals surface area contributed by atoms with Gasteiger partial charge in [-0.05, 0) is 0 Å². The van der Waals surface area contributed by atoms with Crippen LogP contribution in [0.5, 0.6) is 0 Å². The molecule has 0 bridgehead atoms. The van der Waals surface area contributed by atoms with Gasteiger partial charge in [0, 0.05) is 6.42 Å². The molecule has 1 saturated carbocycles. The molecule has 0 aromatic carbocycles. The van der Waals surface area contributed by atoms with E-state index in [4.69, 9.17) is 14.2 Å². The Hall–Kier alpha value is -0.940. The topological polar surface area (TPSA) is 216 Å². The second kappa shape index (κ2) is 7.47. The first kappa shape index (κ1) is 20.8. The van der Waals surface area contributed by atoms with Gasteiger partial charge in [-0.15, -0.1) is 0 Å². The molecule has 3 aliphatic rings. The van der Waals surface area contributed by atoms with Crippen LogP contribution in [-0.2, 0) is 33.6 Å². The zero-order valence-electron chi connectivity index (χ0n) is 13.6. The van der Waals surface area contributed by atoms with Crippen molar-refractivity contribution in [2.75, 3.05) is 6.61 Å². The number of ether oxygens (including phenoxy) is 3. The fourth-order valence-corrected chi connectivity index (χ4v) is 3.70. The van der Waals surface area contributed by atoms with Gasteiger partial charge in [0.15, 0.2) is 6.29 Å². The molecule has 0 aromatic rings. The van der Waals surface area contributed by atoms with E-state index in [-0.39, 0.29) is 6.42 Å². The lowest BCUT2D eigenvalue weighted by atomic mass is 9.82. The zero-order chi connectivity index (χ0) is 20.1. The second-order valence-corrected chi connectivity index (χ2v) is 7.65. The van der Waals surface area contributed by atoms with Gasteiger partial charge in [-0.2, -0.15) is 0 Å². The van der Waals surface area contributed by atoms with Gasteiger partial charge in [0.25, 0.3) is 0 Å². The summed E-state index contributed by atoms with van der Waals surface area (Å²) >= 11 is 0. The van der Waals surface area contributed by atoms with E-state index in [0.29, 0.717) is 0 Å². The number of rotatable bonds is 6. The van der Waals surface area contributed by atoms with Crippen molar-refractivity contribution < 1.29 is 61.7 Å². The van der Waals surface area contributed by atoms with Crippen molar-refractivity contribution in [3.05, 3.63) is 0 Å². The smallest absolute Gasteiger partial charge is 0.312 e. The largest absolute Gasteiger partial charge is 0.726 e. The van der Waals surface area contributed by atoms with Gasteiger partial charge < -0.3 is 44.3 Å². The number of hydrogen-bond donors (Lipinski definition) is 5. The average molecular weight is 415 g/mol. The number of aliphatic hydroxyl groups is 4. The summed E-state index contributed by atoms with van der Waals surface area (Å²) in [5, 5.41) is 49.1. The summed E-state index contributed by atoms with van der Waals surface area (Å²) in [7, 11) is -5.08. The van der Waals surface area contributed by atoms with Crippen LogP contribution in [0.1, 0.15) is 6.42 Å². The van der Waals surface area contributed by atoms with Crippen molar-refractivity contribution in [1.82, 2.24) is 0 Å². The lowest BCUT2D eigenvalue weighted by Gasteiger charge is -2.41. The van der Waals surface area contributed by atoms with Crippen LogP contribution in [0, 0.1) is 5.92 Å². The van der Waals surface area contributed by atoms with E-state index in [1.54, 1.807) is 0 Å². The number of hydrogen-bond acceptors (Lipinski definition) is 12. The van der Waals surface area contributed by atoms with Gasteiger partial charge >= 0.3 is 5.97 Å². The quantitative estimate of drug-likeness (QED) is 0.158. The van der Waals surface area contributed by atoms with Crippen LogP contribution in [0.4, 0.5) is 0 Å². The fourth-order valence-electron chi connectivity index (χ4n) is 3.40. The van der Waals surface area contributed by atoms with Gasteiger partial charge in [0.2, 0.25) is 10.4 Å². The Balaban J connectivity index is 1.70. The van der Waals surface area contributed by atoms with Gasteiger partial charge in [-0.1, -0.05) is 0 Å². The van der Waals surface area contributed by atoms with E-state index in [2.05, 4.69) is 4.18 Å². The van der Waals surface area contributed by atoms with Gasteiger partial charge in [0.05, 0.1) is 12.7 Å². The molecule has 10 atom stereocenters. The summed E-state index contributed by atoms with van der Waals surface area (Å²) < 4.78 is 51.4. The minimum Gasteiger partial charge on any atom is -0.726 e. The minimum atomic E-state index is -5.08. The molecule has 3 rings (SSSR count). The van der Waals surface area contributed by atoms with Crippen LogP contribution in [0.2, 0.25) is 0 Å². The molecular formula is C13H19O13S-. The van der Waals surface area contributed by atoms with E-state index in [1.807, 2.05) is 0 Å². The van der Waals surface area contributed by atoms with E-state index >= 15 is 0 Å². The normalized spacial score (nSPS) is 47.3. The standard InChI is InChI=1S/C13H20O13S/c14-3-1-5(24-4(7(3)15)2-23-27(20,21)22)25-10-6(13(18)19)11-12(26-11)9(17)8(10)16/h3-12,14-17H,1-2H2,(H,18,19)(H,20,21,22)/p-1/t3-,4?,5-,6?,7+,8-,9?,10-,11?,12+/m1/s1. The Kier molecular flexibility index (Phi) is 5.75. The van der Waals surface area contributed by atoms with Crippen molar-refractivity contribution in [1.29, 1.82) is 0 Å². The van der Waals surface area contributed by atoms with Crippen molar-refractivity contribution in [3.8, 4) is 0 Å². The van der Waals surface area contributed by atoms with Crippen LogP contribution >= 0.6 is 0 Å². The van der Waals surface area contributed by atoms with Crippen molar-refractivity contribution in [2.24, 2.45) is 5.92 Å². The summed E-state index contributed by atoms with van der Waals surface area (Å²) in [4.78, 5) is 11.5. The molecule has 5 N–H and O–H groups in total. The maximum Gasteiger partial charge on any atom is 0.312 e.